The second-order valence-corrected chi connectivity index (χ2v) is 9.28. The highest BCUT2D eigenvalue weighted by Crippen LogP contribution is 2.34. The van der Waals surface area contributed by atoms with Crippen molar-refractivity contribution >= 4 is 15.6 Å². The molecule has 0 saturated carbocycles. The lowest BCUT2D eigenvalue weighted by Gasteiger charge is -2.26. The van der Waals surface area contributed by atoms with Gasteiger partial charge in [-0.1, -0.05) is 19.1 Å². The molecule has 2 aromatic carbocycles. The van der Waals surface area contributed by atoms with Gasteiger partial charge in [-0.2, -0.15) is 0 Å². The second kappa shape index (κ2) is 8.97. The van der Waals surface area contributed by atoms with Gasteiger partial charge in [0.25, 0.3) is 0 Å². The number of nitrogens with one attached hydrogen (secondary N) is 1. The molecule has 0 amide bonds. The third-order valence-corrected chi connectivity index (χ3v) is 6.96. The smallest absolute Gasteiger partial charge is 0.206 e. The van der Waals surface area contributed by atoms with E-state index in [4.69, 9.17) is 0 Å². The summed E-state index contributed by atoms with van der Waals surface area (Å²) < 4.78 is 39.2. The summed E-state index contributed by atoms with van der Waals surface area (Å²) in [6, 6.07) is 10.3. The van der Waals surface area contributed by atoms with Gasteiger partial charge < -0.3 is 5.32 Å². The predicted octanol–water partition coefficient (Wildman–Crippen LogP) is 4.04. The Morgan fingerprint density at radius 3 is 2.71 bits per heavy atom. The molecule has 2 aromatic rings. The number of benzene rings is 2. The van der Waals surface area contributed by atoms with Crippen LogP contribution in [0.2, 0.25) is 0 Å². The summed E-state index contributed by atoms with van der Waals surface area (Å²) in [5.74, 6) is -0.0815. The zero-order chi connectivity index (χ0) is 20.1. The fraction of sp³-hybridized carbons (Fsp3) is 0.409. The van der Waals surface area contributed by atoms with E-state index in [0.717, 1.165) is 42.9 Å². The molecule has 0 saturated heterocycles. The SMILES string of the molecule is CCCC(=O)CNC[C@@H]1CCCc2cc(S(=O)(=O)c3cccc(F)c3)ccc21. The van der Waals surface area contributed by atoms with Crippen molar-refractivity contribution in [1.29, 1.82) is 0 Å². The van der Waals surface area contributed by atoms with Gasteiger partial charge >= 0.3 is 0 Å². The van der Waals surface area contributed by atoms with E-state index in [1.165, 1.54) is 18.2 Å². The number of Topliss-reactive ketones (excluding diaryl/α,β-unsaturated/α-hetero) is 1. The van der Waals surface area contributed by atoms with Crippen LogP contribution in [0.3, 0.4) is 0 Å². The number of hydrogen-bond donors (Lipinski definition) is 1. The zero-order valence-corrected chi connectivity index (χ0v) is 16.9. The number of sulfone groups is 1. The van der Waals surface area contributed by atoms with Crippen LogP contribution >= 0.6 is 0 Å². The van der Waals surface area contributed by atoms with E-state index in [0.29, 0.717) is 19.5 Å². The molecule has 28 heavy (non-hydrogen) atoms. The maximum Gasteiger partial charge on any atom is 0.206 e. The normalized spacial score (nSPS) is 16.6. The zero-order valence-electron chi connectivity index (χ0n) is 16.1. The van der Waals surface area contributed by atoms with Crippen molar-refractivity contribution in [2.45, 2.75) is 54.7 Å². The van der Waals surface area contributed by atoms with Gasteiger partial charge in [0.2, 0.25) is 9.84 Å². The van der Waals surface area contributed by atoms with Crippen LogP contribution in [-0.2, 0) is 21.1 Å². The Morgan fingerprint density at radius 2 is 1.96 bits per heavy atom. The summed E-state index contributed by atoms with van der Waals surface area (Å²) in [7, 11) is -3.75. The minimum atomic E-state index is -3.75. The molecule has 0 unspecified atom stereocenters. The molecular formula is C22H26FNO3S. The van der Waals surface area contributed by atoms with E-state index in [9.17, 15) is 17.6 Å². The number of carbonyl (C=O) groups excluding carboxylic acids is 1. The van der Waals surface area contributed by atoms with E-state index < -0.39 is 15.7 Å². The summed E-state index contributed by atoms with van der Waals surface area (Å²) in [5.41, 5.74) is 2.16. The lowest BCUT2D eigenvalue weighted by molar-refractivity contribution is -0.118. The van der Waals surface area contributed by atoms with Gasteiger partial charge in [0.1, 0.15) is 11.6 Å². The average Bonchev–Trinajstić information content (AvgIpc) is 2.68. The van der Waals surface area contributed by atoms with Gasteiger partial charge in [0.15, 0.2) is 0 Å². The summed E-state index contributed by atoms with van der Waals surface area (Å²) in [6.07, 6.45) is 4.27. The molecule has 6 heteroatoms. The van der Waals surface area contributed by atoms with Crippen LogP contribution in [-0.4, -0.2) is 27.3 Å². The molecule has 0 aliphatic heterocycles. The first-order valence-electron chi connectivity index (χ1n) is 9.77. The predicted molar refractivity (Wildman–Crippen MR) is 107 cm³/mol. The van der Waals surface area contributed by atoms with Gasteiger partial charge in [-0.3, -0.25) is 4.79 Å². The van der Waals surface area contributed by atoms with E-state index in [1.807, 2.05) is 13.0 Å². The first-order valence-corrected chi connectivity index (χ1v) is 11.3. The number of halogens is 1. The Balaban J connectivity index is 1.78. The second-order valence-electron chi connectivity index (χ2n) is 7.33. The van der Waals surface area contributed by atoms with Crippen molar-refractivity contribution in [3.63, 3.8) is 0 Å². The molecule has 0 fully saturated rings. The fourth-order valence-electron chi connectivity index (χ4n) is 3.79. The molecule has 0 bridgehead atoms. The Bertz CT molecular complexity index is 956. The lowest BCUT2D eigenvalue weighted by Crippen LogP contribution is -2.29. The van der Waals surface area contributed by atoms with Crippen LogP contribution in [0.4, 0.5) is 4.39 Å². The van der Waals surface area contributed by atoms with Crippen molar-refractivity contribution in [2.24, 2.45) is 0 Å². The van der Waals surface area contributed by atoms with Gasteiger partial charge in [-0.05, 0) is 73.1 Å². The molecule has 0 spiro atoms. The van der Waals surface area contributed by atoms with Crippen LogP contribution in [0.25, 0.3) is 0 Å². The average molecular weight is 404 g/mol. The molecule has 1 aliphatic rings. The number of aryl methyl sites for hydroxylation is 1. The summed E-state index contributed by atoms with van der Waals surface area (Å²) in [5, 5.41) is 3.25. The molecule has 0 heterocycles. The highest BCUT2D eigenvalue weighted by atomic mass is 32.2. The Hall–Kier alpha value is -2.05. The van der Waals surface area contributed by atoms with Crippen LogP contribution in [0.15, 0.2) is 52.3 Å². The maximum absolute atomic E-state index is 13.5. The van der Waals surface area contributed by atoms with Crippen LogP contribution in [0.5, 0.6) is 0 Å². The van der Waals surface area contributed by atoms with Crippen LogP contribution < -0.4 is 5.32 Å². The van der Waals surface area contributed by atoms with Crippen molar-refractivity contribution in [2.75, 3.05) is 13.1 Å². The van der Waals surface area contributed by atoms with Gasteiger partial charge in [0, 0.05) is 13.0 Å². The molecule has 0 aromatic heterocycles. The summed E-state index contributed by atoms with van der Waals surface area (Å²) in [6.45, 7) is 3.08. The van der Waals surface area contributed by atoms with E-state index in [-0.39, 0.29) is 21.5 Å². The lowest BCUT2D eigenvalue weighted by atomic mass is 9.83. The molecule has 1 aliphatic carbocycles. The standard InChI is InChI=1S/C22H26FNO3S/c1-2-5-19(25)15-24-14-17-7-3-6-16-12-21(10-11-22(16)17)28(26,27)20-9-4-8-18(23)13-20/h4,8-13,17,24H,2-3,5-7,14-15H2,1H3/t17-/m0/s1. The van der Waals surface area contributed by atoms with E-state index in [2.05, 4.69) is 5.32 Å². The fourth-order valence-corrected chi connectivity index (χ4v) is 5.14. The molecule has 0 radical (unpaired) electrons. The Morgan fingerprint density at radius 1 is 1.18 bits per heavy atom. The molecular weight excluding hydrogens is 377 g/mol. The monoisotopic (exact) mass is 403 g/mol. The summed E-state index contributed by atoms with van der Waals surface area (Å²) >= 11 is 0. The number of rotatable bonds is 8. The quantitative estimate of drug-likeness (QED) is 0.723. The third-order valence-electron chi connectivity index (χ3n) is 5.21. The number of ketones is 1. The number of carbonyl (C=O) groups is 1. The maximum atomic E-state index is 13.5. The van der Waals surface area contributed by atoms with Gasteiger partial charge in [0.05, 0.1) is 16.3 Å². The van der Waals surface area contributed by atoms with Crippen molar-refractivity contribution in [1.82, 2.24) is 5.32 Å². The van der Waals surface area contributed by atoms with Gasteiger partial charge in [-0.25, -0.2) is 12.8 Å². The number of fused-ring (bicyclic) bond motifs is 1. The molecule has 1 atom stereocenters. The molecule has 1 N–H and O–H groups in total. The largest absolute Gasteiger partial charge is 0.309 e. The minimum absolute atomic E-state index is 0.0316. The minimum Gasteiger partial charge on any atom is -0.309 e. The van der Waals surface area contributed by atoms with Crippen molar-refractivity contribution in [3.8, 4) is 0 Å². The third kappa shape index (κ3) is 4.67. The topological polar surface area (TPSA) is 63.2 Å². The summed E-state index contributed by atoms with van der Waals surface area (Å²) in [4.78, 5) is 11.9. The first-order chi connectivity index (χ1) is 13.4. The Labute approximate surface area is 166 Å². The highest BCUT2D eigenvalue weighted by molar-refractivity contribution is 7.91. The molecule has 4 nitrogen and oxygen atoms in total. The molecule has 150 valence electrons. The first kappa shape index (κ1) is 20.7. The van der Waals surface area contributed by atoms with Crippen molar-refractivity contribution in [3.05, 3.63) is 59.4 Å². The number of hydrogen-bond acceptors (Lipinski definition) is 4. The van der Waals surface area contributed by atoms with E-state index in [1.54, 1.807) is 12.1 Å². The van der Waals surface area contributed by atoms with Crippen LogP contribution in [0.1, 0.15) is 49.7 Å². The molecule has 3 rings (SSSR count). The highest BCUT2D eigenvalue weighted by Gasteiger charge is 2.24. The van der Waals surface area contributed by atoms with Gasteiger partial charge in [-0.15, -0.1) is 0 Å². The van der Waals surface area contributed by atoms with Crippen molar-refractivity contribution < 1.29 is 17.6 Å². The van der Waals surface area contributed by atoms with Crippen LogP contribution in [0, 0.1) is 5.82 Å². The Kier molecular flexibility index (Phi) is 6.62. The van der Waals surface area contributed by atoms with E-state index >= 15 is 0 Å².